The molecule has 1 nitrogen and oxygen atoms in total. The van der Waals surface area contributed by atoms with E-state index < -0.39 is 0 Å². The Labute approximate surface area is 271 Å². The van der Waals surface area contributed by atoms with Gasteiger partial charge in [-0.25, -0.2) is 0 Å². The summed E-state index contributed by atoms with van der Waals surface area (Å²) in [5.74, 6) is 0. The molecule has 1 heterocycles. The van der Waals surface area contributed by atoms with E-state index in [0.717, 1.165) is 21.9 Å². The molecule has 0 atom stereocenters. The van der Waals surface area contributed by atoms with Gasteiger partial charge in [-0.05, 0) is 95.2 Å². The summed E-state index contributed by atoms with van der Waals surface area (Å²) in [6.07, 6.45) is 0. The van der Waals surface area contributed by atoms with Gasteiger partial charge in [0.15, 0.2) is 0 Å². The molecule has 0 N–H and O–H groups in total. The van der Waals surface area contributed by atoms with Crippen molar-refractivity contribution in [3.8, 4) is 33.4 Å². The lowest BCUT2D eigenvalue weighted by molar-refractivity contribution is 0.669. The summed E-state index contributed by atoms with van der Waals surface area (Å²) in [6.45, 7) is 0. The highest BCUT2D eigenvalue weighted by molar-refractivity contribution is 6.27. The highest BCUT2D eigenvalue weighted by Gasteiger charge is 2.24. The van der Waals surface area contributed by atoms with Crippen LogP contribution in [0.15, 0.2) is 174 Å². The largest absolute Gasteiger partial charge is 0.456 e. The predicted octanol–water partition coefficient (Wildman–Crippen LogP) is 13.2. The molecular weight excluding hydrogens is 569 g/mol. The van der Waals surface area contributed by atoms with Gasteiger partial charge in [0.25, 0.3) is 0 Å². The molecule has 9 aromatic carbocycles. The maximum absolute atomic E-state index is 6.56. The Morgan fingerprint density at radius 3 is 1.53 bits per heavy atom. The minimum atomic E-state index is 0.900. The summed E-state index contributed by atoms with van der Waals surface area (Å²) in [5.41, 5.74) is 9.17. The normalized spacial score (nSPS) is 11.8. The Balaban J connectivity index is 1.45. The molecule has 1 heteroatoms. The van der Waals surface area contributed by atoms with Crippen LogP contribution in [-0.4, -0.2) is 0 Å². The Hall–Kier alpha value is -6.18. The topological polar surface area (TPSA) is 13.1 Å². The minimum absolute atomic E-state index is 0.900. The standard InChI is InChI=1S/C46H28O/c1-2-14-29(15-3-1)43-34-20-8-10-22-36(34)44(37-23-11-9-21-35(37)43)39-26-27-42-46(38-24-12-13-25-41(38)47-42)45(39)40-28-30-16-4-5-17-31(30)32-18-6-7-19-33(32)40/h1-28H. The van der Waals surface area contributed by atoms with E-state index >= 15 is 0 Å². The fraction of sp³-hybridized carbons (Fsp3) is 0. The number of furan rings is 1. The van der Waals surface area contributed by atoms with Crippen molar-refractivity contribution >= 4 is 65.0 Å². The fourth-order valence-electron chi connectivity index (χ4n) is 7.90. The lowest BCUT2D eigenvalue weighted by Crippen LogP contribution is -1.94. The first-order valence-electron chi connectivity index (χ1n) is 16.2. The smallest absolute Gasteiger partial charge is 0.136 e. The second-order valence-corrected chi connectivity index (χ2v) is 12.4. The van der Waals surface area contributed by atoms with Crippen LogP contribution in [0.5, 0.6) is 0 Å². The van der Waals surface area contributed by atoms with E-state index in [9.17, 15) is 0 Å². The molecule has 0 aliphatic carbocycles. The Morgan fingerprint density at radius 1 is 0.298 bits per heavy atom. The number of rotatable bonds is 3. The summed E-state index contributed by atoms with van der Waals surface area (Å²) in [4.78, 5) is 0. The molecule has 0 unspecified atom stereocenters. The third kappa shape index (κ3) is 3.84. The van der Waals surface area contributed by atoms with Crippen LogP contribution in [0.2, 0.25) is 0 Å². The van der Waals surface area contributed by atoms with Gasteiger partial charge >= 0.3 is 0 Å². The van der Waals surface area contributed by atoms with E-state index in [2.05, 4.69) is 170 Å². The van der Waals surface area contributed by atoms with Crippen LogP contribution < -0.4 is 0 Å². The number of hydrogen-bond acceptors (Lipinski definition) is 1. The number of hydrogen-bond donors (Lipinski definition) is 0. The van der Waals surface area contributed by atoms with Gasteiger partial charge in [-0.3, -0.25) is 0 Å². The average molecular weight is 597 g/mol. The molecule has 0 saturated heterocycles. The first-order valence-corrected chi connectivity index (χ1v) is 16.2. The van der Waals surface area contributed by atoms with Crippen LogP contribution in [-0.2, 0) is 0 Å². The van der Waals surface area contributed by atoms with Gasteiger partial charge < -0.3 is 4.42 Å². The zero-order valence-electron chi connectivity index (χ0n) is 25.6. The zero-order chi connectivity index (χ0) is 30.9. The quantitative estimate of drug-likeness (QED) is 0.146. The monoisotopic (exact) mass is 596 g/mol. The van der Waals surface area contributed by atoms with Crippen LogP contribution in [0.4, 0.5) is 0 Å². The Morgan fingerprint density at radius 2 is 0.830 bits per heavy atom. The first-order chi connectivity index (χ1) is 23.3. The molecular formula is C46H28O. The number of para-hydroxylation sites is 1. The molecule has 0 saturated carbocycles. The minimum Gasteiger partial charge on any atom is -0.456 e. The fourth-order valence-corrected chi connectivity index (χ4v) is 7.90. The van der Waals surface area contributed by atoms with Gasteiger partial charge in [0.1, 0.15) is 11.2 Å². The molecule has 0 aliphatic heterocycles. The lowest BCUT2D eigenvalue weighted by Gasteiger charge is -2.21. The summed E-state index contributed by atoms with van der Waals surface area (Å²) in [7, 11) is 0. The average Bonchev–Trinajstić information content (AvgIpc) is 3.52. The van der Waals surface area contributed by atoms with Gasteiger partial charge in [0.2, 0.25) is 0 Å². The maximum atomic E-state index is 6.56. The summed E-state index contributed by atoms with van der Waals surface area (Å²) < 4.78 is 6.56. The zero-order valence-corrected chi connectivity index (χ0v) is 25.6. The van der Waals surface area contributed by atoms with Crippen molar-refractivity contribution in [1.82, 2.24) is 0 Å². The van der Waals surface area contributed by atoms with Crippen LogP contribution in [0.25, 0.3) is 98.4 Å². The highest BCUT2D eigenvalue weighted by Crippen LogP contribution is 2.50. The molecule has 0 bridgehead atoms. The summed E-state index contributed by atoms with van der Waals surface area (Å²) in [5, 5.41) is 12.2. The molecule has 10 rings (SSSR count). The SMILES string of the molecule is c1ccc(-c2c3ccccc3c(-c3ccc4oc5ccccc5c4c3-c3cc4ccccc4c4ccccc34)c3ccccc23)cc1. The van der Waals surface area contributed by atoms with E-state index in [0.29, 0.717) is 0 Å². The lowest BCUT2D eigenvalue weighted by atomic mass is 9.81. The molecule has 47 heavy (non-hydrogen) atoms. The van der Waals surface area contributed by atoms with Crippen LogP contribution >= 0.6 is 0 Å². The second kappa shape index (κ2) is 10.2. The Kier molecular flexibility index (Phi) is 5.64. The van der Waals surface area contributed by atoms with Gasteiger partial charge in [-0.2, -0.15) is 0 Å². The van der Waals surface area contributed by atoms with Crippen molar-refractivity contribution in [2.24, 2.45) is 0 Å². The van der Waals surface area contributed by atoms with Gasteiger partial charge in [-0.15, -0.1) is 0 Å². The molecule has 0 aliphatic rings. The van der Waals surface area contributed by atoms with E-state index in [1.54, 1.807) is 0 Å². The van der Waals surface area contributed by atoms with Crippen molar-refractivity contribution in [2.45, 2.75) is 0 Å². The molecule has 0 fully saturated rings. The van der Waals surface area contributed by atoms with Crippen LogP contribution in [0.3, 0.4) is 0 Å². The Bertz CT molecular complexity index is 2780. The van der Waals surface area contributed by atoms with Crippen LogP contribution in [0.1, 0.15) is 0 Å². The van der Waals surface area contributed by atoms with Crippen molar-refractivity contribution in [2.75, 3.05) is 0 Å². The van der Waals surface area contributed by atoms with Crippen molar-refractivity contribution in [3.05, 3.63) is 170 Å². The third-order valence-electron chi connectivity index (χ3n) is 9.84. The molecule has 0 spiro atoms. The summed E-state index contributed by atoms with van der Waals surface area (Å²) >= 11 is 0. The molecule has 10 aromatic rings. The molecule has 218 valence electrons. The second-order valence-electron chi connectivity index (χ2n) is 12.4. The maximum Gasteiger partial charge on any atom is 0.136 e. The number of fused-ring (bicyclic) bond motifs is 8. The molecule has 0 amide bonds. The van der Waals surface area contributed by atoms with Crippen molar-refractivity contribution in [3.63, 3.8) is 0 Å². The third-order valence-corrected chi connectivity index (χ3v) is 9.84. The van der Waals surface area contributed by atoms with E-state index in [4.69, 9.17) is 4.42 Å². The van der Waals surface area contributed by atoms with E-state index in [1.807, 2.05) is 0 Å². The van der Waals surface area contributed by atoms with E-state index in [1.165, 1.54) is 76.5 Å². The van der Waals surface area contributed by atoms with Gasteiger partial charge in [-0.1, -0.05) is 146 Å². The first kappa shape index (κ1) is 26.1. The summed E-state index contributed by atoms with van der Waals surface area (Å²) in [6, 6.07) is 61.5. The van der Waals surface area contributed by atoms with Crippen LogP contribution in [0, 0.1) is 0 Å². The van der Waals surface area contributed by atoms with Gasteiger partial charge in [0.05, 0.1) is 0 Å². The van der Waals surface area contributed by atoms with Gasteiger partial charge in [0, 0.05) is 16.3 Å². The number of benzene rings is 9. The predicted molar refractivity (Wildman–Crippen MR) is 200 cm³/mol. The van der Waals surface area contributed by atoms with Crippen molar-refractivity contribution in [1.29, 1.82) is 0 Å². The van der Waals surface area contributed by atoms with E-state index in [-0.39, 0.29) is 0 Å². The molecule has 1 aromatic heterocycles. The highest BCUT2D eigenvalue weighted by atomic mass is 16.3. The molecule has 0 radical (unpaired) electrons. The van der Waals surface area contributed by atoms with Crippen molar-refractivity contribution < 1.29 is 4.42 Å².